The minimum absolute atomic E-state index is 0.0299. The Kier molecular flexibility index (Phi) is 6.32. The molecule has 6 heteroatoms. The van der Waals surface area contributed by atoms with Crippen molar-refractivity contribution < 1.29 is 4.74 Å². The summed E-state index contributed by atoms with van der Waals surface area (Å²) in [4.78, 5) is 14.7. The second-order valence-corrected chi connectivity index (χ2v) is 5.21. The predicted molar refractivity (Wildman–Crippen MR) is 99.4 cm³/mol. The van der Waals surface area contributed by atoms with Crippen molar-refractivity contribution in [2.75, 3.05) is 18.0 Å². The molecule has 3 rings (SSSR count). The van der Waals surface area contributed by atoms with E-state index < -0.39 is 0 Å². The number of anilines is 1. The molecule has 1 aliphatic heterocycles. The van der Waals surface area contributed by atoms with Gasteiger partial charge >= 0.3 is 0 Å². The fraction of sp³-hybridized carbons (Fsp3) is 0.278. The third-order valence-electron chi connectivity index (χ3n) is 3.43. The van der Waals surface area contributed by atoms with Gasteiger partial charge < -0.3 is 9.64 Å². The number of pyridine rings is 1. The minimum atomic E-state index is 0.0299. The number of hydrogen-bond acceptors (Lipinski definition) is 5. The minimum Gasteiger partial charge on any atom is -0.468 e. The normalized spacial score (nSPS) is 13.4. The Morgan fingerprint density at radius 1 is 1.17 bits per heavy atom. The van der Waals surface area contributed by atoms with Crippen LogP contribution in [-0.4, -0.2) is 34.1 Å². The van der Waals surface area contributed by atoms with E-state index in [-0.39, 0.29) is 11.3 Å². The van der Waals surface area contributed by atoms with Gasteiger partial charge in [0.2, 0.25) is 0 Å². The number of rotatable bonds is 5. The van der Waals surface area contributed by atoms with Gasteiger partial charge in [0.15, 0.2) is 5.15 Å². The van der Waals surface area contributed by atoms with Crippen LogP contribution in [0.25, 0.3) is 12.2 Å². The molecule has 0 N–H and O–H groups in total. The summed E-state index contributed by atoms with van der Waals surface area (Å²) in [6.07, 6.45) is 6.62. The summed E-state index contributed by atoms with van der Waals surface area (Å²) in [5, 5.41) is 0.281. The molecule has 0 saturated carbocycles. The Bertz CT molecular complexity index is 714. The Labute approximate surface area is 147 Å². The van der Waals surface area contributed by atoms with Crippen LogP contribution in [0.1, 0.15) is 25.1 Å². The van der Waals surface area contributed by atoms with Crippen LogP contribution in [0.3, 0.4) is 0 Å². The van der Waals surface area contributed by atoms with Crippen molar-refractivity contribution in [3.05, 3.63) is 54.1 Å². The monoisotopic (exact) mass is 344 g/mol. The van der Waals surface area contributed by atoms with E-state index in [1.165, 1.54) is 6.20 Å². The van der Waals surface area contributed by atoms with Gasteiger partial charge in [-0.15, -0.1) is 0 Å². The molecule has 0 aromatic carbocycles. The molecule has 1 saturated heterocycles. The lowest BCUT2D eigenvalue weighted by atomic mass is 10.1. The quantitative estimate of drug-likeness (QED) is 0.817. The highest BCUT2D eigenvalue weighted by Crippen LogP contribution is 2.26. The van der Waals surface area contributed by atoms with Crippen molar-refractivity contribution in [3.8, 4) is 5.88 Å². The fourth-order valence-electron chi connectivity index (χ4n) is 2.23. The number of hydrogen-bond donors (Lipinski definition) is 0. The van der Waals surface area contributed by atoms with Crippen molar-refractivity contribution in [1.82, 2.24) is 15.0 Å². The highest BCUT2D eigenvalue weighted by Gasteiger charge is 2.30. The van der Waals surface area contributed by atoms with Crippen molar-refractivity contribution in [2.24, 2.45) is 0 Å². The average molecular weight is 345 g/mol. The molecule has 2 aromatic heterocycles. The second-order valence-electron chi connectivity index (χ2n) is 4.85. The van der Waals surface area contributed by atoms with Gasteiger partial charge in [0.1, 0.15) is 11.9 Å². The number of halogens is 1. The van der Waals surface area contributed by atoms with Gasteiger partial charge in [0, 0.05) is 12.4 Å². The molecule has 24 heavy (non-hydrogen) atoms. The maximum absolute atomic E-state index is 5.93. The zero-order valence-corrected chi connectivity index (χ0v) is 14.7. The molecule has 0 amide bonds. The molecule has 3 heterocycles. The van der Waals surface area contributed by atoms with Gasteiger partial charge in [-0.25, -0.2) is 15.0 Å². The standard InChI is InChI=1S/C16H15ClN4O.C2H6/c1-3-11-5-6-14(20-13(11)4-2)21-9-12(10-21)22-16-15(17)18-7-8-19-16;1-2/h3-8,12H,1-2,9-10H2;1-2H3. The van der Waals surface area contributed by atoms with E-state index in [9.17, 15) is 0 Å². The zero-order valence-electron chi connectivity index (χ0n) is 13.9. The van der Waals surface area contributed by atoms with Crippen LogP contribution in [0.15, 0.2) is 37.7 Å². The largest absolute Gasteiger partial charge is 0.468 e. The lowest BCUT2D eigenvalue weighted by molar-refractivity contribution is 0.159. The topological polar surface area (TPSA) is 51.1 Å². The Hall–Kier alpha value is -2.40. The van der Waals surface area contributed by atoms with Crippen molar-refractivity contribution in [3.63, 3.8) is 0 Å². The third kappa shape index (κ3) is 3.92. The van der Waals surface area contributed by atoms with Crippen LogP contribution in [0.2, 0.25) is 5.15 Å². The SMILES string of the molecule is C=Cc1ccc(N2CC(Oc3nccnc3Cl)C2)nc1C=C.CC. The van der Waals surface area contributed by atoms with Gasteiger partial charge in [-0.05, 0) is 23.8 Å². The number of nitrogens with zero attached hydrogens (tertiary/aromatic N) is 4. The van der Waals surface area contributed by atoms with Crippen molar-refractivity contribution >= 4 is 29.6 Å². The maximum Gasteiger partial charge on any atom is 0.252 e. The molecule has 0 bridgehead atoms. The van der Waals surface area contributed by atoms with E-state index in [2.05, 4.69) is 33.0 Å². The first-order valence-electron chi connectivity index (χ1n) is 7.85. The van der Waals surface area contributed by atoms with Crippen LogP contribution in [0.5, 0.6) is 5.88 Å². The summed E-state index contributed by atoms with van der Waals surface area (Å²) in [5.41, 5.74) is 1.80. The molecule has 126 valence electrons. The summed E-state index contributed by atoms with van der Waals surface area (Å²) in [6.45, 7) is 13.0. The summed E-state index contributed by atoms with van der Waals surface area (Å²) in [5.74, 6) is 1.26. The van der Waals surface area contributed by atoms with E-state index in [1.807, 2.05) is 26.0 Å². The Morgan fingerprint density at radius 2 is 1.88 bits per heavy atom. The van der Waals surface area contributed by atoms with Gasteiger partial charge in [-0.2, -0.15) is 0 Å². The number of ether oxygens (including phenoxy) is 1. The molecular formula is C18H21ClN4O. The van der Waals surface area contributed by atoms with Crippen LogP contribution < -0.4 is 9.64 Å². The zero-order chi connectivity index (χ0) is 17.5. The Balaban J connectivity index is 0.00000100. The van der Waals surface area contributed by atoms with Crippen LogP contribution in [0, 0.1) is 0 Å². The number of aromatic nitrogens is 3. The third-order valence-corrected chi connectivity index (χ3v) is 3.69. The average Bonchev–Trinajstić information content (AvgIpc) is 2.60. The molecule has 0 aliphatic carbocycles. The predicted octanol–water partition coefficient (Wildman–Crippen LogP) is 4.10. The molecule has 5 nitrogen and oxygen atoms in total. The molecule has 0 atom stereocenters. The fourth-order valence-corrected chi connectivity index (χ4v) is 2.38. The van der Waals surface area contributed by atoms with E-state index in [4.69, 9.17) is 16.3 Å². The second kappa shape index (κ2) is 8.45. The van der Waals surface area contributed by atoms with Gasteiger partial charge in [-0.3, -0.25) is 0 Å². The summed E-state index contributed by atoms with van der Waals surface area (Å²) >= 11 is 5.93. The summed E-state index contributed by atoms with van der Waals surface area (Å²) in [6, 6.07) is 3.95. The van der Waals surface area contributed by atoms with E-state index in [0.717, 1.165) is 30.2 Å². The molecule has 1 aliphatic rings. The van der Waals surface area contributed by atoms with Gasteiger partial charge in [0.05, 0.1) is 18.8 Å². The molecule has 0 radical (unpaired) electrons. The summed E-state index contributed by atoms with van der Waals surface area (Å²) < 4.78 is 5.72. The van der Waals surface area contributed by atoms with E-state index >= 15 is 0 Å². The molecule has 2 aromatic rings. The first kappa shape index (κ1) is 17.9. The highest BCUT2D eigenvalue weighted by atomic mass is 35.5. The lowest BCUT2D eigenvalue weighted by Crippen LogP contribution is -2.54. The Morgan fingerprint density at radius 3 is 2.50 bits per heavy atom. The van der Waals surface area contributed by atoms with Gasteiger partial charge in [-0.1, -0.05) is 44.7 Å². The van der Waals surface area contributed by atoms with Crippen molar-refractivity contribution in [1.29, 1.82) is 0 Å². The van der Waals surface area contributed by atoms with E-state index in [0.29, 0.717) is 5.88 Å². The summed E-state index contributed by atoms with van der Waals surface area (Å²) in [7, 11) is 0. The van der Waals surface area contributed by atoms with Crippen molar-refractivity contribution in [2.45, 2.75) is 20.0 Å². The molecule has 1 fully saturated rings. The highest BCUT2D eigenvalue weighted by molar-refractivity contribution is 6.30. The first-order valence-corrected chi connectivity index (χ1v) is 8.23. The van der Waals surface area contributed by atoms with E-state index in [1.54, 1.807) is 18.3 Å². The first-order chi connectivity index (χ1) is 11.7. The molecule has 0 unspecified atom stereocenters. The smallest absolute Gasteiger partial charge is 0.252 e. The molecular weight excluding hydrogens is 324 g/mol. The van der Waals surface area contributed by atoms with Crippen LogP contribution in [-0.2, 0) is 0 Å². The van der Waals surface area contributed by atoms with Gasteiger partial charge in [0.25, 0.3) is 5.88 Å². The lowest BCUT2D eigenvalue weighted by Gasteiger charge is -2.39. The van der Waals surface area contributed by atoms with Crippen LogP contribution in [0.4, 0.5) is 5.82 Å². The maximum atomic E-state index is 5.93. The van der Waals surface area contributed by atoms with Crippen LogP contribution >= 0.6 is 11.6 Å². The molecule has 0 spiro atoms.